The number of cyclic esters (lactones) is 2. The van der Waals surface area contributed by atoms with E-state index in [1.165, 1.54) is 125 Å². The summed E-state index contributed by atoms with van der Waals surface area (Å²) >= 11 is 23.8. The van der Waals surface area contributed by atoms with Crippen LogP contribution in [0.1, 0.15) is 157 Å². The SMILES string of the molecule is C.C.CC(C)(C)c1ccc(S(=O)(=O)Cl)cc1.COc1ccc(N)cn1.COc1ccc(N2C(=O)c3c(Cl)ccc(NS(=O)(=O)c4ccc(C(C)(C)C)cc4)c3C2=O)cn1.COc1ccc(N2C(=O)c3c(Cl)ccc([N+](=O)[O-])c3C2=O)cn1.COc1ccc(N2C(=O)c3c(N)ccc(Cl)c3C2=O)cn1.O=C1OC(=O)c2c([N+](=O)[O-])ccc(Cl)c21.[CH2-]C.[V].[V]. The first kappa shape index (κ1) is 103. The van der Waals surface area contributed by atoms with E-state index in [0.29, 0.717) is 34.9 Å². The summed E-state index contributed by atoms with van der Waals surface area (Å²) in [7, 11) is 3.47. The number of amides is 6. The van der Waals surface area contributed by atoms with Gasteiger partial charge in [0, 0.05) is 89.9 Å². The number of sulfonamides is 1. The van der Waals surface area contributed by atoms with E-state index >= 15 is 0 Å². The van der Waals surface area contributed by atoms with Gasteiger partial charge >= 0.3 is 11.9 Å². The van der Waals surface area contributed by atoms with Gasteiger partial charge in [0.05, 0.1) is 149 Å². The zero-order valence-electron chi connectivity index (χ0n) is 64.7. The summed E-state index contributed by atoms with van der Waals surface area (Å²) in [6.07, 6.45) is 5.51. The van der Waals surface area contributed by atoms with Gasteiger partial charge in [-0.3, -0.25) is 53.7 Å². The zero-order valence-corrected chi connectivity index (χ0v) is 72.9. The van der Waals surface area contributed by atoms with Crippen molar-refractivity contribution in [1.29, 1.82) is 0 Å². The number of nitrogens with one attached hydrogen (secondary N) is 1. The van der Waals surface area contributed by atoms with E-state index in [1.54, 1.807) is 68.8 Å². The molecule has 42 heteroatoms. The van der Waals surface area contributed by atoms with Crippen LogP contribution in [0.5, 0.6) is 23.5 Å². The number of ether oxygens (including phenoxy) is 5. The average Bonchev–Trinajstić information content (AvgIpc) is 1.55. The molecule has 0 spiro atoms. The molecule has 640 valence electrons. The number of rotatable bonds is 13. The maximum Gasteiger partial charge on any atom is 0.354 e. The van der Waals surface area contributed by atoms with E-state index < -0.39 is 87.7 Å². The van der Waals surface area contributed by atoms with Gasteiger partial charge in [-0.25, -0.2) is 61.1 Å². The number of imide groups is 3. The minimum atomic E-state index is -4.05. The monoisotopic (exact) mass is 1880 g/mol. The first-order valence-electron chi connectivity index (χ1n) is 33.9. The molecule has 0 saturated carbocycles. The molecular formula is C80H76Cl5N12O21S2V2-. The third-order valence-corrected chi connectivity index (χ3v) is 20.9. The first-order valence-corrected chi connectivity index (χ1v) is 39.2. The summed E-state index contributed by atoms with van der Waals surface area (Å²) in [5, 5.41) is 21.8. The van der Waals surface area contributed by atoms with Crippen molar-refractivity contribution in [3.8, 4) is 23.5 Å². The molecule has 4 aromatic heterocycles. The Hall–Kier alpha value is -11.6. The predicted octanol–water partition coefficient (Wildman–Crippen LogP) is 16.5. The van der Waals surface area contributed by atoms with Crippen molar-refractivity contribution in [3.05, 3.63) is 273 Å². The quantitative estimate of drug-likeness (QED) is 0.0141. The second-order valence-electron chi connectivity index (χ2n) is 26.3. The normalized spacial score (nSPS) is 12.5. The van der Waals surface area contributed by atoms with Crippen molar-refractivity contribution in [2.75, 3.05) is 59.3 Å². The van der Waals surface area contributed by atoms with E-state index in [9.17, 15) is 75.4 Å². The number of nitro groups is 2. The molecule has 0 fully saturated rings. The molecule has 4 aliphatic heterocycles. The molecule has 5 N–H and O–H groups in total. The standard InChI is InChI=1S/C24H22ClN3O5S.C14H8ClN3O5.C14H10ClN3O3.C10H13ClO2S.C8H2ClNO5.C6H8N2O.C2H5.2CH4.2V/c1-24(2,3)14-5-8-16(9-6-14)34(31,32)27-18-11-10-17(25)20-21(18)23(30)28(22(20)29)15-7-12-19(33-4)26-13-15;1-23-10-5-2-7(6-16-10)17-13(19)11-8(15)3-4-9(18(21)22)12(11)14(17)20;1-21-10-5-2-7(6-17-10)18-13(19)11-8(15)3-4-9(16)12(11)14(18)20;1-10(2,3)8-4-6-9(7-5-8)14(11,12)13;9-3-1-2-4(10(13)14)6-5(3)7(11)15-8(6)12;1-9-6-3-2-5(7)4-8-6;1-2;;;;/h5-13,27H,1-4H3;2-6H,1H3;2-6H,16H2,1H3;4-7H,1-3H3;1-2H;2-4H,7H2,1H3;1H2,2H3;2*1H4;;/q;;;;;;-1;;;;. The molecule has 10 aromatic rings. The van der Waals surface area contributed by atoms with Crippen LogP contribution in [-0.2, 0) is 71.8 Å². The van der Waals surface area contributed by atoms with Gasteiger partial charge in [0.1, 0.15) is 11.1 Å². The smallest absolute Gasteiger partial charge is 0.354 e. The second kappa shape index (κ2) is 42.8. The minimum absolute atomic E-state index is 0. The summed E-state index contributed by atoms with van der Waals surface area (Å²) in [4.78, 5) is 137. The van der Waals surface area contributed by atoms with Gasteiger partial charge in [0.25, 0.3) is 65.9 Å². The molecule has 8 heterocycles. The number of methoxy groups -OCH3 is 4. The van der Waals surface area contributed by atoms with Crippen LogP contribution in [0.25, 0.3) is 0 Å². The summed E-state index contributed by atoms with van der Waals surface area (Å²) in [5.74, 6) is -4.37. The summed E-state index contributed by atoms with van der Waals surface area (Å²) in [6.45, 7) is 17.3. The summed E-state index contributed by atoms with van der Waals surface area (Å²) < 4.78 is 74.4. The van der Waals surface area contributed by atoms with Crippen molar-refractivity contribution >= 4 is 169 Å². The topological polar surface area (TPSA) is 463 Å². The van der Waals surface area contributed by atoms with E-state index in [2.05, 4.69) is 57.1 Å². The van der Waals surface area contributed by atoms with Crippen LogP contribution in [0.4, 0.5) is 45.5 Å². The molecule has 33 nitrogen and oxygen atoms in total. The van der Waals surface area contributed by atoms with Crippen molar-refractivity contribution in [3.63, 3.8) is 0 Å². The number of benzene rings is 6. The second-order valence-corrected chi connectivity index (χ2v) is 32.2. The van der Waals surface area contributed by atoms with Crippen molar-refractivity contribution in [2.24, 2.45) is 0 Å². The number of carbonyl (C=O) groups excluding carboxylic acids is 8. The minimum Gasteiger partial charge on any atom is -0.481 e. The molecule has 0 bridgehead atoms. The Morgan fingerprint density at radius 2 is 0.730 bits per heavy atom. The van der Waals surface area contributed by atoms with Gasteiger partial charge in [0.2, 0.25) is 23.5 Å². The molecule has 122 heavy (non-hydrogen) atoms. The maximum absolute atomic E-state index is 13.3. The molecule has 0 saturated heterocycles. The molecule has 0 aliphatic carbocycles. The van der Waals surface area contributed by atoms with Crippen LogP contribution >= 0.6 is 57.1 Å². The number of halogens is 5. The third kappa shape index (κ3) is 23.0. The number of fused-ring (bicyclic) bond motifs is 4. The number of nitrogens with two attached hydrogens (primary N) is 2. The molecule has 0 atom stereocenters. The number of nitrogens with zero attached hydrogens (tertiary/aromatic N) is 9. The van der Waals surface area contributed by atoms with Crippen molar-refractivity contribution in [2.45, 2.75) is 83.9 Å². The number of hydrogen-bond donors (Lipinski definition) is 3. The largest absolute Gasteiger partial charge is 0.481 e. The van der Waals surface area contributed by atoms with E-state index in [4.69, 9.17) is 87.5 Å². The van der Waals surface area contributed by atoms with Crippen LogP contribution in [0.2, 0.25) is 20.1 Å². The molecule has 6 aromatic carbocycles. The van der Waals surface area contributed by atoms with Crippen LogP contribution in [-0.4, -0.2) is 122 Å². The van der Waals surface area contributed by atoms with Crippen LogP contribution < -0.4 is 49.8 Å². The Kier molecular flexibility index (Phi) is 36.0. The number of carbonyl (C=O) groups is 8. The Labute approximate surface area is 749 Å². The molecule has 2 radical (unpaired) electrons. The van der Waals surface area contributed by atoms with E-state index in [0.717, 1.165) is 38.0 Å². The first-order chi connectivity index (χ1) is 55.5. The summed E-state index contributed by atoms with van der Waals surface area (Å²) in [5.41, 5.74) is 12.6. The number of esters is 2. The predicted molar refractivity (Wildman–Crippen MR) is 453 cm³/mol. The number of aromatic nitrogens is 4. The fourth-order valence-corrected chi connectivity index (χ4v) is 13.9. The van der Waals surface area contributed by atoms with E-state index in [-0.39, 0.29) is 160 Å². The Morgan fingerprint density at radius 1 is 0.418 bits per heavy atom. The van der Waals surface area contributed by atoms with Gasteiger partial charge in [0.15, 0.2) is 5.56 Å². The zero-order chi connectivity index (χ0) is 87.5. The average molecular weight is 1880 g/mol. The number of pyridine rings is 4. The van der Waals surface area contributed by atoms with Gasteiger partial charge in [-0.1, -0.05) is 127 Å². The maximum atomic E-state index is 13.3. The molecule has 4 aliphatic rings. The summed E-state index contributed by atoms with van der Waals surface area (Å²) in [6, 6.07) is 35.9. The van der Waals surface area contributed by atoms with Crippen LogP contribution in [0.15, 0.2) is 180 Å². The Bertz CT molecular complexity index is 5840. The number of nitrogen functional groups attached to an aromatic ring is 2. The molecule has 6 amide bonds. The fourth-order valence-electron chi connectivity index (χ4n) is 11.1. The van der Waals surface area contributed by atoms with Crippen LogP contribution in [0, 0.1) is 27.2 Å². The molecule has 14 rings (SSSR count). The van der Waals surface area contributed by atoms with Crippen molar-refractivity contribution in [1.82, 2.24) is 19.9 Å². The van der Waals surface area contributed by atoms with Crippen molar-refractivity contribution < 1.29 is 126 Å². The van der Waals surface area contributed by atoms with Crippen LogP contribution in [0.3, 0.4) is 0 Å². The number of hydrogen-bond acceptors (Lipinski definition) is 27. The Balaban J connectivity index is 0.000000317. The van der Waals surface area contributed by atoms with Gasteiger partial charge in [-0.05, 0) is 107 Å². The molecular weight excluding hydrogens is 1810 g/mol. The third-order valence-electron chi connectivity index (χ3n) is 16.9. The van der Waals surface area contributed by atoms with E-state index in [1.807, 2.05) is 20.8 Å². The van der Waals surface area contributed by atoms with Gasteiger partial charge < -0.3 is 42.1 Å². The van der Waals surface area contributed by atoms with Gasteiger partial charge in [-0.15, -0.1) is 0 Å². The fraction of sp³-hybridized carbons (Fsp3) is 0.188. The number of nitro benzene ring substituents is 2. The molecule has 0 unspecified atom stereocenters. The number of anilines is 6. The Morgan fingerprint density at radius 3 is 1.07 bits per heavy atom. The van der Waals surface area contributed by atoms with Gasteiger partial charge in [-0.2, -0.15) is 6.92 Å².